The second-order valence-corrected chi connectivity index (χ2v) is 6.79. The lowest BCUT2D eigenvalue weighted by Crippen LogP contribution is -2.46. The van der Waals surface area contributed by atoms with Gasteiger partial charge in [0.15, 0.2) is 0 Å². The maximum atomic E-state index is 2.72. The van der Waals surface area contributed by atoms with Crippen molar-refractivity contribution in [2.24, 2.45) is 23.2 Å². The average molecular weight is 223 g/mol. The van der Waals surface area contributed by atoms with Gasteiger partial charge >= 0.3 is 0 Å². The number of piperidine rings is 1. The molecule has 1 aliphatic carbocycles. The highest BCUT2D eigenvalue weighted by molar-refractivity contribution is 4.91. The molecule has 94 valence electrons. The average Bonchev–Trinajstić information content (AvgIpc) is 3.02. The van der Waals surface area contributed by atoms with Crippen molar-refractivity contribution in [1.29, 1.82) is 0 Å². The zero-order chi connectivity index (χ0) is 11.8. The van der Waals surface area contributed by atoms with Crippen LogP contribution in [0.4, 0.5) is 0 Å². The van der Waals surface area contributed by atoms with Gasteiger partial charge in [-0.2, -0.15) is 0 Å². The Hall–Kier alpha value is -0.0400. The lowest BCUT2D eigenvalue weighted by Gasteiger charge is -2.47. The van der Waals surface area contributed by atoms with Crippen molar-refractivity contribution in [2.75, 3.05) is 19.6 Å². The van der Waals surface area contributed by atoms with Crippen LogP contribution in [0.2, 0.25) is 0 Å². The summed E-state index contributed by atoms with van der Waals surface area (Å²) in [6.45, 7) is 13.8. The fourth-order valence-corrected chi connectivity index (χ4v) is 3.64. The van der Waals surface area contributed by atoms with E-state index in [4.69, 9.17) is 0 Å². The number of nitrogens with zero attached hydrogens (tertiary/aromatic N) is 1. The molecule has 0 aromatic carbocycles. The molecule has 16 heavy (non-hydrogen) atoms. The smallest absolute Gasteiger partial charge is 0.000967 e. The molecule has 0 radical (unpaired) electrons. The van der Waals surface area contributed by atoms with Crippen LogP contribution in [0.1, 0.15) is 53.4 Å². The molecule has 1 heteroatoms. The van der Waals surface area contributed by atoms with Crippen LogP contribution < -0.4 is 0 Å². The van der Waals surface area contributed by atoms with Gasteiger partial charge in [0.2, 0.25) is 0 Å². The van der Waals surface area contributed by atoms with E-state index in [1.807, 2.05) is 0 Å². The summed E-state index contributed by atoms with van der Waals surface area (Å²) in [5.74, 6) is 2.75. The predicted octanol–water partition coefficient (Wildman–Crippen LogP) is 3.79. The summed E-state index contributed by atoms with van der Waals surface area (Å²) in [6, 6.07) is 0. The summed E-state index contributed by atoms with van der Waals surface area (Å²) >= 11 is 0. The third-order valence-corrected chi connectivity index (χ3v) is 5.30. The molecular weight excluding hydrogens is 194 g/mol. The van der Waals surface area contributed by atoms with E-state index in [-0.39, 0.29) is 0 Å². The molecule has 1 heterocycles. The largest absolute Gasteiger partial charge is 0.303 e. The first-order chi connectivity index (χ1) is 7.54. The first-order valence-corrected chi connectivity index (χ1v) is 7.27. The second-order valence-electron chi connectivity index (χ2n) is 6.79. The Kier molecular flexibility index (Phi) is 3.63. The minimum Gasteiger partial charge on any atom is -0.303 e. The molecule has 0 N–H and O–H groups in total. The van der Waals surface area contributed by atoms with E-state index < -0.39 is 0 Å². The van der Waals surface area contributed by atoms with Gasteiger partial charge in [-0.15, -0.1) is 0 Å². The van der Waals surface area contributed by atoms with Crippen molar-refractivity contribution in [1.82, 2.24) is 4.90 Å². The zero-order valence-electron chi connectivity index (χ0n) is 11.6. The van der Waals surface area contributed by atoms with Crippen molar-refractivity contribution in [3.05, 3.63) is 0 Å². The Morgan fingerprint density at radius 1 is 1.00 bits per heavy atom. The quantitative estimate of drug-likeness (QED) is 0.701. The van der Waals surface area contributed by atoms with Crippen LogP contribution >= 0.6 is 0 Å². The third-order valence-electron chi connectivity index (χ3n) is 5.30. The molecular formula is C15H29N. The van der Waals surface area contributed by atoms with E-state index in [9.17, 15) is 0 Å². The van der Waals surface area contributed by atoms with Crippen LogP contribution in [0.3, 0.4) is 0 Å². The summed E-state index contributed by atoms with van der Waals surface area (Å²) in [4.78, 5) is 2.72. The van der Waals surface area contributed by atoms with Crippen LogP contribution in [0.15, 0.2) is 0 Å². The summed E-state index contributed by atoms with van der Waals surface area (Å²) in [6.07, 6.45) is 5.84. The molecule has 1 saturated carbocycles. The van der Waals surface area contributed by atoms with Gasteiger partial charge in [0.1, 0.15) is 0 Å². The number of hydrogen-bond acceptors (Lipinski definition) is 1. The van der Waals surface area contributed by atoms with Gasteiger partial charge in [-0.05, 0) is 61.9 Å². The highest BCUT2D eigenvalue weighted by Crippen LogP contribution is 2.45. The minimum atomic E-state index is 0.625. The summed E-state index contributed by atoms with van der Waals surface area (Å²) in [5.41, 5.74) is 0.625. The molecule has 1 nitrogen and oxygen atoms in total. The van der Waals surface area contributed by atoms with Crippen molar-refractivity contribution >= 4 is 0 Å². The van der Waals surface area contributed by atoms with Crippen molar-refractivity contribution in [3.8, 4) is 0 Å². The van der Waals surface area contributed by atoms with Gasteiger partial charge in [0.25, 0.3) is 0 Å². The van der Waals surface area contributed by atoms with Gasteiger partial charge in [-0.1, -0.05) is 27.7 Å². The molecule has 1 saturated heterocycles. The molecule has 2 aliphatic rings. The Morgan fingerprint density at radius 3 is 1.88 bits per heavy atom. The normalized spacial score (nSPS) is 26.6. The summed E-state index contributed by atoms with van der Waals surface area (Å²) in [5, 5.41) is 0. The molecule has 0 bridgehead atoms. The maximum absolute atomic E-state index is 2.72. The zero-order valence-corrected chi connectivity index (χ0v) is 11.6. The third kappa shape index (κ3) is 2.45. The van der Waals surface area contributed by atoms with E-state index in [0.717, 1.165) is 17.8 Å². The Morgan fingerprint density at radius 2 is 1.50 bits per heavy atom. The second kappa shape index (κ2) is 4.68. The van der Waals surface area contributed by atoms with E-state index in [1.54, 1.807) is 0 Å². The maximum Gasteiger partial charge on any atom is 0.000967 e. The van der Waals surface area contributed by atoms with Crippen molar-refractivity contribution in [3.63, 3.8) is 0 Å². The molecule has 0 aromatic heterocycles. The van der Waals surface area contributed by atoms with Crippen molar-refractivity contribution in [2.45, 2.75) is 53.4 Å². The Bertz CT molecular complexity index is 210. The van der Waals surface area contributed by atoms with Crippen molar-refractivity contribution < 1.29 is 0 Å². The molecule has 1 aliphatic heterocycles. The van der Waals surface area contributed by atoms with Crippen LogP contribution in [-0.4, -0.2) is 24.5 Å². The van der Waals surface area contributed by atoms with Gasteiger partial charge in [0.05, 0.1) is 0 Å². The molecule has 2 fully saturated rings. The van der Waals surface area contributed by atoms with Crippen LogP contribution in [0.25, 0.3) is 0 Å². The Balaban J connectivity index is 1.89. The number of hydrogen-bond donors (Lipinski definition) is 0. The van der Waals surface area contributed by atoms with E-state index >= 15 is 0 Å². The molecule has 0 amide bonds. The fraction of sp³-hybridized carbons (Fsp3) is 1.00. The van der Waals surface area contributed by atoms with Gasteiger partial charge in [-0.3, -0.25) is 0 Å². The van der Waals surface area contributed by atoms with Crippen LogP contribution in [-0.2, 0) is 0 Å². The predicted molar refractivity (Wildman–Crippen MR) is 70.5 cm³/mol. The summed E-state index contributed by atoms with van der Waals surface area (Å²) < 4.78 is 0. The van der Waals surface area contributed by atoms with E-state index in [0.29, 0.717) is 5.41 Å². The van der Waals surface area contributed by atoms with Gasteiger partial charge in [0, 0.05) is 6.54 Å². The van der Waals surface area contributed by atoms with Gasteiger partial charge < -0.3 is 4.90 Å². The molecule has 0 atom stereocenters. The number of likely N-dealkylation sites (tertiary alicyclic amines) is 1. The first kappa shape index (κ1) is 12.4. The number of rotatable bonds is 4. The Labute approximate surface area is 102 Å². The highest BCUT2D eigenvalue weighted by atomic mass is 15.1. The molecule has 0 aromatic rings. The van der Waals surface area contributed by atoms with Crippen LogP contribution in [0, 0.1) is 23.2 Å². The lowest BCUT2D eigenvalue weighted by atomic mass is 9.63. The lowest BCUT2D eigenvalue weighted by molar-refractivity contribution is 0.0180. The SMILES string of the molecule is CC(C)C1(C(C)C)CCN(CC2CC2)CC1. The van der Waals surface area contributed by atoms with Crippen LogP contribution in [0.5, 0.6) is 0 Å². The van der Waals surface area contributed by atoms with E-state index in [2.05, 4.69) is 32.6 Å². The van der Waals surface area contributed by atoms with E-state index in [1.165, 1.54) is 45.3 Å². The first-order valence-electron chi connectivity index (χ1n) is 7.27. The topological polar surface area (TPSA) is 3.24 Å². The minimum absolute atomic E-state index is 0.625. The fourth-order valence-electron chi connectivity index (χ4n) is 3.64. The monoisotopic (exact) mass is 223 g/mol. The van der Waals surface area contributed by atoms with Gasteiger partial charge in [-0.25, -0.2) is 0 Å². The highest BCUT2D eigenvalue weighted by Gasteiger charge is 2.40. The molecule has 2 rings (SSSR count). The standard InChI is InChI=1S/C15H29N/c1-12(2)15(13(3)4)7-9-16(10-8-15)11-14-5-6-14/h12-14H,5-11H2,1-4H3. The molecule has 0 spiro atoms. The molecule has 0 unspecified atom stereocenters. The summed E-state index contributed by atoms with van der Waals surface area (Å²) in [7, 11) is 0.